The van der Waals surface area contributed by atoms with Gasteiger partial charge in [-0.3, -0.25) is 4.68 Å². The maximum absolute atomic E-state index is 9.85. The first-order valence-corrected chi connectivity index (χ1v) is 4.30. The van der Waals surface area contributed by atoms with Gasteiger partial charge in [0.05, 0.1) is 5.60 Å². The quantitative estimate of drug-likeness (QED) is 0.658. The molecule has 0 aliphatic heterocycles. The number of aromatic nitrogens is 3. The molecule has 3 N–H and O–H groups in total. The fourth-order valence-corrected chi connectivity index (χ4v) is 1.22. The molecule has 1 aromatic rings. The first-order valence-electron chi connectivity index (χ1n) is 4.30. The number of hydrogen-bond donors (Lipinski definition) is 2. The van der Waals surface area contributed by atoms with Crippen LogP contribution in [0.4, 0.5) is 0 Å². The van der Waals surface area contributed by atoms with Gasteiger partial charge in [-0.15, -0.1) is 0 Å². The summed E-state index contributed by atoms with van der Waals surface area (Å²) < 4.78 is 1.66. The zero-order valence-corrected chi connectivity index (χ0v) is 8.06. The third-order valence-electron chi connectivity index (χ3n) is 2.03. The van der Waals surface area contributed by atoms with E-state index in [1.807, 2.05) is 0 Å². The van der Waals surface area contributed by atoms with Crippen LogP contribution < -0.4 is 5.73 Å². The summed E-state index contributed by atoms with van der Waals surface area (Å²) in [6, 6.07) is 0. The van der Waals surface area contributed by atoms with Gasteiger partial charge in [-0.25, -0.2) is 4.98 Å². The highest BCUT2D eigenvalue weighted by molar-refractivity contribution is 4.92. The molecular formula is C8H16N4O. The normalized spacial score (nSPS) is 15.7. The molecule has 1 unspecified atom stereocenters. The third kappa shape index (κ3) is 2.78. The Morgan fingerprint density at radius 1 is 1.69 bits per heavy atom. The van der Waals surface area contributed by atoms with Gasteiger partial charge in [-0.2, -0.15) is 5.10 Å². The van der Waals surface area contributed by atoms with Gasteiger partial charge in [0.25, 0.3) is 0 Å². The highest BCUT2D eigenvalue weighted by atomic mass is 16.3. The highest BCUT2D eigenvalue weighted by Gasteiger charge is 2.22. The SMILES string of the molecule is Cn1ncnc1CC(C)(O)CCN. The van der Waals surface area contributed by atoms with E-state index in [9.17, 15) is 5.11 Å². The molecule has 0 saturated heterocycles. The molecule has 5 nitrogen and oxygen atoms in total. The summed E-state index contributed by atoms with van der Waals surface area (Å²) in [6.45, 7) is 2.24. The van der Waals surface area contributed by atoms with E-state index in [4.69, 9.17) is 5.73 Å². The molecule has 0 amide bonds. The fraction of sp³-hybridized carbons (Fsp3) is 0.750. The predicted molar refractivity (Wildman–Crippen MR) is 49.0 cm³/mol. The molecule has 13 heavy (non-hydrogen) atoms. The van der Waals surface area contributed by atoms with E-state index in [1.165, 1.54) is 6.33 Å². The summed E-state index contributed by atoms with van der Waals surface area (Å²) in [5, 5.41) is 13.8. The Morgan fingerprint density at radius 3 is 2.85 bits per heavy atom. The van der Waals surface area contributed by atoms with Crippen molar-refractivity contribution >= 4 is 0 Å². The molecule has 0 aliphatic carbocycles. The number of aryl methyl sites for hydroxylation is 1. The summed E-state index contributed by atoms with van der Waals surface area (Å²) in [7, 11) is 1.81. The second kappa shape index (κ2) is 3.85. The molecule has 0 aromatic carbocycles. The van der Waals surface area contributed by atoms with Crippen LogP contribution in [0.5, 0.6) is 0 Å². The molecule has 5 heteroatoms. The van der Waals surface area contributed by atoms with Crippen molar-refractivity contribution in [2.45, 2.75) is 25.4 Å². The number of nitrogens with zero attached hydrogens (tertiary/aromatic N) is 3. The zero-order valence-electron chi connectivity index (χ0n) is 8.06. The average molecular weight is 184 g/mol. The summed E-state index contributed by atoms with van der Waals surface area (Å²) in [5.41, 5.74) is 4.60. The van der Waals surface area contributed by atoms with E-state index in [2.05, 4.69) is 10.1 Å². The molecule has 1 rings (SSSR count). The van der Waals surface area contributed by atoms with Crippen LogP contribution in [-0.4, -0.2) is 32.0 Å². The smallest absolute Gasteiger partial charge is 0.138 e. The lowest BCUT2D eigenvalue weighted by atomic mass is 9.98. The minimum atomic E-state index is -0.782. The van der Waals surface area contributed by atoms with Gasteiger partial charge in [0, 0.05) is 13.5 Å². The topological polar surface area (TPSA) is 77.0 Å². The van der Waals surface area contributed by atoms with Crippen LogP contribution in [0.2, 0.25) is 0 Å². The van der Waals surface area contributed by atoms with Crippen molar-refractivity contribution in [1.82, 2.24) is 14.8 Å². The molecule has 0 spiro atoms. The molecule has 0 bridgehead atoms. The second-order valence-electron chi connectivity index (χ2n) is 3.51. The minimum absolute atomic E-state index is 0.477. The standard InChI is InChI=1S/C8H16N4O/c1-8(13,3-4-9)5-7-10-6-11-12(7)2/h6,13H,3-5,9H2,1-2H3. The van der Waals surface area contributed by atoms with Gasteiger partial charge in [0.1, 0.15) is 12.2 Å². The van der Waals surface area contributed by atoms with Crippen molar-refractivity contribution < 1.29 is 5.11 Å². The summed E-state index contributed by atoms with van der Waals surface area (Å²) in [4.78, 5) is 4.03. The van der Waals surface area contributed by atoms with Crippen LogP contribution in [0.15, 0.2) is 6.33 Å². The van der Waals surface area contributed by atoms with E-state index in [1.54, 1.807) is 18.7 Å². The molecule has 0 saturated carbocycles. The Balaban J connectivity index is 2.63. The minimum Gasteiger partial charge on any atom is -0.390 e. The van der Waals surface area contributed by atoms with Gasteiger partial charge in [-0.1, -0.05) is 0 Å². The Labute approximate surface area is 77.6 Å². The lowest BCUT2D eigenvalue weighted by Crippen LogP contribution is -2.31. The summed E-state index contributed by atoms with van der Waals surface area (Å²) in [5.74, 6) is 0.776. The monoisotopic (exact) mass is 184 g/mol. The van der Waals surface area contributed by atoms with Gasteiger partial charge < -0.3 is 10.8 Å². The molecule has 0 radical (unpaired) electrons. The number of hydrogen-bond acceptors (Lipinski definition) is 4. The fourth-order valence-electron chi connectivity index (χ4n) is 1.22. The Kier molecular flexibility index (Phi) is 3.00. The molecule has 1 aromatic heterocycles. The maximum Gasteiger partial charge on any atom is 0.138 e. The number of rotatable bonds is 4. The molecule has 1 heterocycles. The van der Waals surface area contributed by atoms with Crippen molar-refractivity contribution in [3.8, 4) is 0 Å². The van der Waals surface area contributed by atoms with Crippen molar-refractivity contribution in [2.75, 3.05) is 6.54 Å². The first-order chi connectivity index (χ1) is 6.05. The van der Waals surface area contributed by atoms with Crippen LogP contribution in [0.3, 0.4) is 0 Å². The summed E-state index contributed by atoms with van der Waals surface area (Å²) >= 11 is 0. The van der Waals surface area contributed by atoms with E-state index in [0.717, 1.165) is 5.82 Å². The van der Waals surface area contributed by atoms with Crippen LogP contribution in [0, 0.1) is 0 Å². The van der Waals surface area contributed by atoms with Gasteiger partial charge in [-0.05, 0) is 19.9 Å². The van der Waals surface area contributed by atoms with Crippen LogP contribution >= 0.6 is 0 Å². The van der Waals surface area contributed by atoms with Gasteiger partial charge in [0.2, 0.25) is 0 Å². The van der Waals surface area contributed by atoms with Crippen molar-refractivity contribution in [2.24, 2.45) is 12.8 Å². The van der Waals surface area contributed by atoms with Crippen molar-refractivity contribution in [3.05, 3.63) is 12.2 Å². The molecular weight excluding hydrogens is 168 g/mol. The van der Waals surface area contributed by atoms with Gasteiger partial charge >= 0.3 is 0 Å². The lowest BCUT2D eigenvalue weighted by molar-refractivity contribution is 0.0509. The zero-order chi connectivity index (χ0) is 9.90. The largest absolute Gasteiger partial charge is 0.390 e. The van der Waals surface area contributed by atoms with Crippen LogP contribution in [-0.2, 0) is 13.5 Å². The second-order valence-corrected chi connectivity index (χ2v) is 3.51. The molecule has 1 atom stereocenters. The average Bonchev–Trinajstić information content (AvgIpc) is 2.35. The van der Waals surface area contributed by atoms with E-state index in [-0.39, 0.29) is 0 Å². The van der Waals surface area contributed by atoms with E-state index in [0.29, 0.717) is 19.4 Å². The summed E-state index contributed by atoms with van der Waals surface area (Å²) in [6.07, 6.45) is 2.54. The van der Waals surface area contributed by atoms with Gasteiger partial charge in [0.15, 0.2) is 0 Å². The third-order valence-corrected chi connectivity index (χ3v) is 2.03. The molecule has 0 fully saturated rings. The number of aliphatic hydroxyl groups is 1. The van der Waals surface area contributed by atoms with Crippen LogP contribution in [0.25, 0.3) is 0 Å². The maximum atomic E-state index is 9.85. The Morgan fingerprint density at radius 2 is 2.38 bits per heavy atom. The van der Waals surface area contributed by atoms with Crippen molar-refractivity contribution in [1.29, 1.82) is 0 Å². The molecule has 0 aliphatic rings. The molecule has 74 valence electrons. The Hall–Kier alpha value is -0.940. The van der Waals surface area contributed by atoms with Crippen LogP contribution in [0.1, 0.15) is 19.2 Å². The Bertz CT molecular complexity index is 269. The highest BCUT2D eigenvalue weighted by Crippen LogP contribution is 2.13. The number of nitrogens with two attached hydrogens (primary N) is 1. The lowest BCUT2D eigenvalue weighted by Gasteiger charge is -2.21. The predicted octanol–water partition coefficient (Wildman–Crippen LogP) is -0.543. The first kappa shape index (κ1) is 10.1. The van der Waals surface area contributed by atoms with E-state index < -0.39 is 5.60 Å². The van der Waals surface area contributed by atoms with Crippen molar-refractivity contribution in [3.63, 3.8) is 0 Å². The van der Waals surface area contributed by atoms with E-state index >= 15 is 0 Å².